The molecule has 3 heteroatoms. The fourth-order valence-corrected chi connectivity index (χ4v) is 3.20. The molecule has 0 saturated heterocycles. The highest BCUT2D eigenvalue weighted by Gasteiger charge is 2.35. The molecule has 0 spiro atoms. The monoisotopic (exact) mass is 253 g/mol. The summed E-state index contributed by atoms with van der Waals surface area (Å²) in [6.45, 7) is 6.37. The van der Waals surface area contributed by atoms with Crippen molar-refractivity contribution < 1.29 is 9.90 Å². The Labute approximate surface area is 111 Å². The molecule has 3 nitrogen and oxygen atoms in total. The standard InChI is InChI=1S/C15H27NO2/c1-11(2)12-3-6-15(18)13(9-12)10-16(7-8-17)14-4-5-14/h11-14,17H,3-10H2,1-2H3. The average molecular weight is 253 g/mol. The third-order valence-electron chi connectivity index (χ3n) is 4.65. The first-order valence-corrected chi connectivity index (χ1v) is 7.49. The van der Waals surface area contributed by atoms with Crippen molar-refractivity contribution >= 4 is 5.78 Å². The lowest BCUT2D eigenvalue weighted by Crippen LogP contribution is -2.39. The van der Waals surface area contributed by atoms with Crippen molar-refractivity contribution in [2.45, 2.75) is 52.0 Å². The van der Waals surface area contributed by atoms with Crippen molar-refractivity contribution in [1.29, 1.82) is 0 Å². The van der Waals surface area contributed by atoms with E-state index < -0.39 is 0 Å². The van der Waals surface area contributed by atoms with Gasteiger partial charge in [0.1, 0.15) is 5.78 Å². The van der Waals surface area contributed by atoms with Gasteiger partial charge in [0.15, 0.2) is 0 Å². The smallest absolute Gasteiger partial charge is 0.137 e. The zero-order chi connectivity index (χ0) is 13.1. The number of hydrogen-bond acceptors (Lipinski definition) is 3. The Morgan fingerprint density at radius 2 is 2.06 bits per heavy atom. The van der Waals surface area contributed by atoms with Crippen LogP contribution in [0.2, 0.25) is 0 Å². The summed E-state index contributed by atoms with van der Waals surface area (Å²) < 4.78 is 0. The van der Waals surface area contributed by atoms with Crippen LogP contribution in [0.3, 0.4) is 0 Å². The second-order valence-electron chi connectivity index (χ2n) is 6.39. The van der Waals surface area contributed by atoms with Crippen LogP contribution < -0.4 is 0 Å². The van der Waals surface area contributed by atoms with Gasteiger partial charge in [0, 0.05) is 31.5 Å². The van der Waals surface area contributed by atoms with Gasteiger partial charge >= 0.3 is 0 Å². The highest BCUT2D eigenvalue weighted by Crippen LogP contribution is 2.34. The van der Waals surface area contributed by atoms with E-state index in [2.05, 4.69) is 18.7 Å². The lowest BCUT2D eigenvalue weighted by molar-refractivity contribution is -0.126. The minimum atomic E-state index is 0.213. The highest BCUT2D eigenvalue weighted by atomic mass is 16.3. The van der Waals surface area contributed by atoms with Gasteiger partial charge in [-0.3, -0.25) is 9.69 Å². The molecule has 2 fully saturated rings. The van der Waals surface area contributed by atoms with Crippen LogP contribution in [-0.2, 0) is 4.79 Å². The normalized spacial score (nSPS) is 29.3. The van der Waals surface area contributed by atoms with E-state index in [4.69, 9.17) is 5.11 Å². The Balaban J connectivity index is 1.90. The zero-order valence-corrected chi connectivity index (χ0v) is 11.8. The highest BCUT2D eigenvalue weighted by molar-refractivity contribution is 5.82. The van der Waals surface area contributed by atoms with Crippen molar-refractivity contribution in [2.75, 3.05) is 19.7 Å². The van der Waals surface area contributed by atoms with E-state index in [1.54, 1.807) is 0 Å². The quantitative estimate of drug-likeness (QED) is 0.788. The number of nitrogens with zero attached hydrogens (tertiary/aromatic N) is 1. The van der Waals surface area contributed by atoms with Gasteiger partial charge in [0.25, 0.3) is 0 Å². The summed E-state index contributed by atoms with van der Waals surface area (Å²) >= 11 is 0. The molecular formula is C15H27NO2. The first kappa shape index (κ1) is 14.0. The van der Waals surface area contributed by atoms with Gasteiger partial charge in [-0.1, -0.05) is 13.8 Å². The van der Waals surface area contributed by atoms with Crippen LogP contribution >= 0.6 is 0 Å². The predicted octanol–water partition coefficient (Wildman–Crippen LogP) is 2.08. The summed E-state index contributed by atoms with van der Waals surface area (Å²) in [5.74, 6) is 2.07. The van der Waals surface area contributed by atoms with E-state index in [0.717, 1.165) is 32.4 Å². The number of carbonyl (C=O) groups is 1. The Morgan fingerprint density at radius 3 is 2.61 bits per heavy atom. The molecule has 2 unspecified atom stereocenters. The first-order valence-electron chi connectivity index (χ1n) is 7.49. The molecule has 18 heavy (non-hydrogen) atoms. The van der Waals surface area contributed by atoms with E-state index in [-0.39, 0.29) is 12.5 Å². The summed E-state index contributed by atoms with van der Waals surface area (Å²) in [5, 5.41) is 9.12. The fraction of sp³-hybridized carbons (Fsp3) is 0.933. The van der Waals surface area contributed by atoms with Crippen LogP contribution in [0.4, 0.5) is 0 Å². The Hall–Kier alpha value is -0.410. The summed E-state index contributed by atoms with van der Waals surface area (Å²) in [7, 11) is 0. The molecule has 0 heterocycles. The van der Waals surface area contributed by atoms with Crippen molar-refractivity contribution in [3.05, 3.63) is 0 Å². The van der Waals surface area contributed by atoms with E-state index in [1.165, 1.54) is 12.8 Å². The maximum atomic E-state index is 12.1. The molecule has 1 N–H and O–H groups in total. The van der Waals surface area contributed by atoms with Gasteiger partial charge in [0.2, 0.25) is 0 Å². The van der Waals surface area contributed by atoms with Crippen molar-refractivity contribution in [3.8, 4) is 0 Å². The van der Waals surface area contributed by atoms with Crippen LogP contribution in [0, 0.1) is 17.8 Å². The van der Waals surface area contributed by atoms with Gasteiger partial charge in [-0.2, -0.15) is 0 Å². The summed E-state index contributed by atoms with van der Waals surface area (Å²) in [5.41, 5.74) is 0. The summed E-state index contributed by atoms with van der Waals surface area (Å²) in [4.78, 5) is 14.4. The number of ketones is 1. The first-order chi connectivity index (χ1) is 8.61. The second-order valence-corrected chi connectivity index (χ2v) is 6.39. The lowest BCUT2D eigenvalue weighted by Gasteiger charge is -2.34. The molecule has 0 amide bonds. The van der Waals surface area contributed by atoms with Gasteiger partial charge in [-0.05, 0) is 37.5 Å². The number of aliphatic hydroxyl groups excluding tert-OH is 1. The van der Waals surface area contributed by atoms with Crippen LogP contribution in [0.1, 0.15) is 46.0 Å². The molecule has 104 valence electrons. The van der Waals surface area contributed by atoms with Crippen LogP contribution in [-0.4, -0.2) is 41.5 Å². The van der Waals surface area contributed by atoms with E-state index in [9.17, 15) is 4.79 Å². The topological polar surface area (TPSA) is 40.5 Å². The molecule has 2 aliphatic rings. The number of Topliss-reactive ketones (excluding diaryl/α,β-unsaturated/α-hetero) is 1. The van der Waals surface area contributed by atoms with Crippen LogP contribution in [0.5, 0.6) is 0 Å². The molecule has 2 saturated carbocycles. The van der Waals surface area contributed by atoms with Gasteiger partial charge < -0.3 is 5.11 Å². The molecule has 2 rings (SSSR count). The molecule has 2 atom stereocenters. The molecule has 0 bridgehead atoms. The summed E-state index contributed by atoms with van der Waals surface area (Å²) in [6, 6.07) is 0.643. The average Bonchev–Trinajstić information content (AvgIpc) is 3.14. The SMILES string of the molecule is CC(C)C1CCC(=O)C(CN(CCO)C2CC2)C1. The lowest BCUT2D eigenvalue weighted by atomic mass is 9.75. The van der Waals surface area contributed by atoms with Gasteiger partial charge in [-0.25, -0.2) is 0 Å². The zero-order valence-electron chi connectivity index (χ0n) is 11.8. The van der Waals surface area contributed by atoms with E-state index >= 15 is 0 Å². The number of aliphatic hydroxyl groups is 1. The maximum Gasteiger partial charge on any atom is 0.137 e. The molecule has 0 radical (unpaired) electrons. The Kier molecular flexibility index (Phi) is 4.79. The van der Waals surface area contributed by atoms with Crippen molar-refractivity contribution in [1.82, 2.24) is 4.90 Å². The molecule has 2 aliphatic carbocycles. The number of hydrogen-bond donors (Lipinski definition) is 1. The Bertz CT molecular complexity index is 286. The van der Waals surface area contributed by atoms with Gasteiger partial charge in [-0.15, -0.1) is 0 Å². The summed E-state index contributed by atoms with van der Waals surface area (Å²) in [6.07, 6.45) is 5.40. The third-order valence-corrected chi connectivity index (χ3v) is 4.65. The number of carbonyl (C=O) groups excluding carboxylic acids is 1. The predicted molar refractivity (Wildman–Crippen MR) is 72.4 cm³/mol. The van der Waals surface area contributed by atoms with E-state index in [1.807, 2.05) is 0 Å². The second kappa shape index (κ2) is 6.16. The van der Waals surface area contributed by atoms with Gasteiger partial charge in [0.05, 0.1) is 6.61 Å². The van der Waals surface area contributed by atoms with Crippen molar-refractivity contribution in [3.63, 3.8) is 0 Å². The van der Waals surface area contributed by atoms with Crippen molar-refractivity contribution in [2.24, 2.45) is 17.8 Å². The molecular weight excluding hydrogens is 226 g/mol. The maximum absolute atomic E-state index is 12.1. The minimum absolute atomic E-state index is 0.213. The largest absolute Gasteiger partial charge is 0.395 e. The fourth-order valence-electron chi connectivity index (χ4n) is 3.20. The number of rotatable bonds is 6. The van der Waals surface area contributed by atoms with E-state index in [0.29, 0.717) is 23.7 Å². The molecule has 0 aromatic heterocycles. The minimum Gasteiger partial charge on any atom is -0.395 e. The molecule has 0 aliphatic heterocycles. The third kappa shape index (κ3) is 3.55. The molecule has 0 aromatic rings. The van der Waals surface area contributed by atoms with Crippen LogP contribution in [0.25, 0.3) is 0 Å². The molecule has 0 aromatic carbocycles. The van der Waals surface area contributed by atoms with Crippen LogP contribution in [0.15, 0.2) is 0 Å². The Morgan fingerprint density at radius 1 is 1.33 bits per heavy atom.